The number of aromatic nitrogens is 1. The minimum absolute atomic E-state index is 0.0895. The molecule has 112 valence electrons. The molecule has 2 atom stereocenters. The van der Waals surface area contributed by atoms with Crippen LogP contribution >= 0.6 is 0 Å². The van der Waals surface area contributed by atoms with Gasteiger partial charge in [-0.2, -0.15) is 0 Å². The first-order valence-electron chi connectivity index (χ1n) is 7.02. The summed E-state index contributed by atoms with van der Waals surface area (Å²) in [6.07, 6.45) is 1.38. The lowest BCUT2D eigenvalue weighted by Gasteiger charge is -2.12. The lowest BCUT2D eigenvalue weighted by atomic mass is 9.95. The summed E-state index contributed by atoms with van der Waals surface area (Å²) in [5.74, 6) is 1.23. The second-order valence-corrected chi connectivity index (χ2v) is 5.82. The van der Waals surface area contributed by atoms with Crippen LogP contribution in [0.2, 0.25) is 0 Å². The number of nitrogens with zero attached hydrogens (tertiary/aromatic N) is 1. The highest BCUT2D eigenvalue weighted by Crippen LogP contribution is 2.23. The number of ketones is 1. The molecule has 0 aromatic carbocycles. The molecule has 0 spiro atoms. The van der Waals surface area contributed by atoms with Crippen molar-refractivity contribution in [1.29, 1.82) is 0 Å². The van der Waals surface area contributed by atoms with Gasteiger partial charge in [-0.25, -0.2) is 0 Å². The standard InChI is InChI=1S/C15H24N2O3/c1-9(2)6-10(3)14-7-13(20-17-14)8-15(11(4)18)16-12(5)19/h7,9-10,15H,6,8H2,1-5H3,(H,16,19). The van der Waals surface area contributed by atoms with Crippen LogP contribution in [0, 0.1) is 5.92 Å². The number of carbonyl (C=O) groups is 2. The summed E-state index contributed by atoms with van der Waals surface area (Å²) in [4.78, 5) is 22.6. The zero-order valence-corrected chi connectivity index (χ0v) is 12.9. The average molecular weight is 280 g/mol. The highest BCUT2D eigenvalue weighted by atomic mass is 16.5. The second-order valence-electron chi connectivity index (χ2n) is 5.82. The van der Waals surface area contributed by atoms with E-state index in [1.165, 1.54) is 13.8 Å². The van der Waals surface area contributed by atoms with E-state index >= 15 is 0 Å². The fourth-order valence-electron chi connectivity index (χ4n) is 2.23. The van der Waals surface area contributed by atoms with Gasteiger partial charge < -0.3 is 9.84 Å². The lowest BCUT2D eigenvalue weighted by Crippen LogP contribution is -2.40. The van der Waals surface area contributed by atoms with Crippen LogP contribution in [0.15, 0.2) is 10.6 Å². The number of carbonyl (C=O) groups excluding carboxylic acids is 2. The van der Waals surface area contributed by atoms with Crippen molar-refractivity contribution in [2.24, 2.45) is 5.92 Å². The van der Waals surface area contributed by atoms with E-state index < -0.39 is 6.04 Å². The van der Waals surface area contributed by atoms with Crippen LogP contribution in [0.5, 0.6) is 0 Å². The Morgan fingerprint density at radius 1 is 1.30 bits per heavy atom. The van der Waals surface area contributed by atoms with E-state index in [1.807, 2.05) is 6.07 Å². The van der Waals surface area contributed by atoms with Gasteiger partial charge in [0.1, 0.15) is 5.76 Å². The first-order chi connectivity index (χ1) is 9.29. The van der Waals surface area contributed by atoms with Gasteiger partial charge in [-0.05, 0) is 19.3 Å². The van der Waals surface area contributed by atoms with Crippen LogP contribution in [0.3, 0.4) is 0 Å². The topological polar surface area (TPSA) is 72.2 Å². The smallest absolute Gasteiger partial charge is 0.217 e. The largest absolute Gasteiger partial charge is 0.361 e. The summed E-state index contributed by atoms with van der Waals surface area (Å²) in [5.41, 5.74) is 0.902. The third kappa shape index (κ3) is 5.15. The Bertz CT molecular complexity index is 465. The Balaban J connectivity index is 2.70. The van der Waals surface area contributed by atoms with Crippen molar-refractivity contribution < 1.29 is 14.1 Å². The predicted octanol–water partition coefficient (Wildman–Crippen LogP) is 2.46. The summed E-state index contributed by atoms with van der Waals surface area (Å²) >= 11 is 0. The van der Waals surface area contributed by atoms with Gasteiger partial charge in [-0.15, -0.1) is 0 Å². The Hall–Kier alpha value is -1.65. The van der Waals surface area contributed by atoms with Gasteiger partial charge in [-0.3, -0.25) is 9.59 Å². The van der Waals surface area contributed by atoms with Crippen molar-refractivity contribution in [2.75, 3.05) is 0 Å². The van der Waals surface area contributed by atoms with Crippen LogP contribution in [-0.2, 0) is 16.0 Å². The molecule has 0 radical (unpaired) electrons. The van der Waals surface area contributed by atoms with Gasteiger partial charge in [-0.1, -0.05) is 25.9 Å². The molecule has 0 aliphatic carbocycles. The molecule has 1 aromatic heterocycles. The highest BCUT2D eigenvalue weighted by molar-refractivity contribution is 5.86. The Morgan fingerprint density at radius 3 is 2.45 bits per heavy atom. The molecule has 5 nitrogen and oxygen atoms in total. The second kappa shape index (κ2) is 7.22. The number of amides is 1. The summed E-state index contributed by atoms with van der Waals surface area (Å²) in [7, 11) is 0. The first kappa shape index (κ1) is 16.4. The van der Waals surface area contributed by atoms with Crippen molar-refractivity contribution in [3.63, 3.8) is 0 Å². The average Bonchev–Trinajstić information content (AvgIpc) is 2.75. The normalized spacial score (nSPS) is 14.1. The fraction of sp³-hybridized carbons (Fsp3) is 0.667. The SMILES string of the molecule is CC(=O)NC(Cc1cc(C(C)CC(C)C)no1)C(C)=O. The zero-order valence-electron chi connectivity index (χ0n) is 12.9. The molecule has 1 N–H and O–H groups in total. The number of nitrogens with one attached hydrogen (secondary N) is 1. The van der Waals surface area contributed by atoms with Crippen LogP contribution in [0.1, 0.15) is 58.4 Å². The molecule has 0 saturated heterocycles. The Labute approximate surface area is 120 Å². The molecule has 1 aromatic rings. The predicted molar refractivity (Wildman–Crippen MR) is 76.4 cm³/mol. The monoisotopic (exact) mass is 280 g/mol. The summed E-state index contributed by atoms with van der Waals surface area (Å²) in [5, 5.41) is 6.68. The molecular formula is C15H24N2O3. The fourth-order valence-corrected chi connectivity index (χ4v) is 2.23. The molecule has 2 unspecified atom stereocenters. The lowest BCUT2D eigenvalue weighted by molar-refractivity contribution is -0.125. The maximum atomic E-state index is 11.5. The Morgan fingerprint density at radius 2 is 1.95 bits per heavy atom. The van der Waals surface area contributed by atoms with E-state index in [9.17, 15) is 9.59 Å². The maximum Gasteiger partial charge on any atom is 0.217 e. The third-order valence-electron chi connectivity index (χ3n) is 3.18. The van der Waals surface area contributed by atoms with Gasteiger partial charge >= 0.3 is 0 Å². The van der Waals surface area contributed by atoms with Crippen molar-refractivity contribution in [3.8, 4) is 0 Å². The summed E-state index contributed by atoms with van der Waals surface area (Å²) < 4.78 is 5.28. The van der Waals surface area contributed by atoms with Crippen LogP contribution in [0.4, 0.5) is 0 Å². The first-order valence-corrected chi connectivity index (χ1v) is 7.02. The molecule has 5 heteroatoms. The molecule has 1 heterocycles. The molecular weight excluding hydrogens is 256 g/mol. The van der Waals surface area contributed by atoms with Gasteiger partial charge in [0.15, 0.2) is 5.78 Å². The van der Waals surface area contributed by atoms with E-state index in [-0.39, 0.29) is 11.7 Å². The molecule has 20 heavy (non-hydrogen) atoms. The minimum atomic E-state index is -0.547. The van der Waals surface area contributed by atoms with Gasteiger partial charge in [0.2, 0.25) is 5.91 Å². The van der Waals surface area contributed by atoms with Crippen molar-refractivity contribution in [3.05, 3.63) is 17.5 Å². The van der Waals surface area contributed by atoms with Crippen LogP contribution in [0.25, 0.3) is 0 Å². The summed E-state index contributed by atoms with van der Waals surface area (Å²) in [6.45, 7) is 9.30. The van der Waals surface area contributed by atoms with Gasteiger partial charge in [0.05, 0.1) is 11.7 Å². The summed E-state index contributed by atoms with van der Waals surface area (Å²) in [6, 6.07) is 1.33. The van der Waals surface area contributed by atoms with E-state index in [0.717, 1.165) is 12.1 Å². The molecule has 0 fully saturated rings. The molecule has 0 aliphatic rings. The van der Waals surface area contributed by atoms with Crippen molar-refractivity contribution in [1.82, 2.24) is 10.5 Å². The number of hydrogen-bond acceptors (Lipinski definition) is 4. The van der Waals surface area contributed by atoms with Gasteiger partial charge in [0.25, 0.3) is 0 Å². The third-order valence-corrected chi connectivity index (χ3v) is 3.18. The maximum absolute atomic E-state index is 11.5. The van der Waals surface area contributed by atoms with E-state index in [1.54, 1.807) is 0 Å². The molecule has 0 aliphatic heterocycles. The van der Waals surface area contributed by atoms with Crippen LogP contribution in [-0.4, -0.2) is 22.9 Å². The number of hydrogen-bond donors (Lipinski definition) is 1. The van der Waals surface area contributed by atoms with Gasteiger partial charge in [0, 0.05) is 25.3 Å². The molecule has 0 saturated carbocycles. The minimum Gasteiger partial charge on any atom is -0.361 e. The van der Waals surface area contributed by atoms with E-state index in [2.05, 4.69) is 31.2 Å². The van der Waals surface area contributed by atoms with E-state index in [0.29, 0.717) is 24.0 Å². The Kier molecular flexibility index (Phi) is 5.92. The zero-order chi connectivity index (χ0) is 15.3. The molecule has 1 amide bonds. The van der Waals surface area contributed by atoms with E-state index in [4.69, 9.17) is 4.52 Å². The quantitative estimate of drug-likeness (QED) is 0.832. The van der Waals surface area contributed by atoms with Crippen molar-refractivity contribution >= 4 is 11.7 Å². The highest BCUT2D eigenvalue weighted by Gasteiger charge is 2.20. The molecule has 0 bridgehead atoms. The number of rotatable bonds is 7. The molecule has 1 rings (SSSR count). The van der Waals surface area contributed by atoms with Crippen LogP contribution < -0.4 is 5.32 Å². The number of Topliss-reactive ketones (excluding diaryl/α,β-unsaturated/α-hetero) is 1. The van der Waals surface area contributed by atoms with Crippen molar-refractivity contribution in [2.45, 2.75) is 59.4 Å².